The minimum absolute atomic E-state index is 0.0439. The Kier molecular flexibility index (Phi) is 3.74. The summed E-state index contributed by atoms with van der Waals surface area (Å²) in [6.07, 6.45) is 0. The highest BCUT2D eigenvalue weighted by Crippen LogP contribution is 2.48. The molecule has 1 atom stereocenters. The summed E-state index contributed by atoms with van der Waals surface area (Å²) in [6.45, 7) is 7.27. The second kappa shape index (κ2) is 5.32. The largest absolute Gasteiger partial charge is 0.507 e. The fourth-order valence-corrected chi connectivity index (χ4v) is 3.74. The minimum Gasteiger partial charge on any atom is -0.507 e. The predicted molar refractivity (Wildman–Crippen MR) is 92.1 cm³/mol. The highest BCUT2D eigenvalue weighted by molar-refractivity contribution is 6.19. The summed E-state index contributed by atoms with van der Waals surface area (Å²) < 4.78 is 0. The number of aromatic hydroxyl groups is 1. The molecule has 1 aliphatic heterocycles. The van der Waals surface area contributed by atoms with Gasteiger partial charge in [-0.2, -0.15) is 0 Å². The number of rotatable bonds is 2. The molecule has 118 valence electrons. The van der Waals surface area contributed by atoms with Gasteiger partial charge in [0, 0.05) is 41.0 Å². The lowest BCUT2D eigenvalue weighted by atomic mass is 9.92. The molecule has 4 heteroatoms. The first-order valence-electron chi connectivity index (χ1n) is 7.60. The maximum atomic E-state index is 10.5. The first-order valence-corrected chi connectivity index (χ1v) is 8.14. The van der Waals surface area contributed by atoms with E-state index in [2.05, 4.69) is 25.7 Å². The van der Waals surface area contributed by atoms with Crippen LogP contribution in [0, 0.1) is 0 Å². The summed E-state index contributed by atoms with van der Waals surface area (Å²) in [4.78, 5) is 2.29. The smallest absolute Gasteiger partial charge is 0.125 e. The zero-order valence-corrected chi connectivity index (χ0v) is 14.0. The van der Waals surface area contributed by atoms with Crippen LogP contribution in [0.5, 0.6) is 5.75 Å². The average Bonchev–Trinajstić information content (AvgIpc) is 2.85. The Morgan fingerprint density at radius 2 is 2.05 bits per heavy atom. The van der Waals surface area contributed by atoms with Gasteiger partial charge in [-0.1, -0.05) is 18.2 Å². The van der Waals surface area contributed by atoms with Gasteiger partial charge in [0.05, 0.1) is 6.61 Å². The number of halogens is 1. The number of alkyl halides is 1. The molecule has 3 rings (SSSR count). The average molecular weight is 320 g/mol. The van der Waals surface area contributed by atoms with Crippen molar-refractivity contribution in [1.29, 1.82) is 0 Å². The highest BCUT2D eigenvalue weighted by Gasteiger charge is 2.36. The van der Waals surface area contributed by atoms with Crippen LogP contribution in [0.3, 0.4) is 0 Å². The number of aliphatic hydroxyl groups excluding tert-OH is 1. The molecular formula is C18H22ClNO2. The number of aliphatic hydroxyl groups is 1. The van der Waals surface area contributed by atoms with Gasteiger partial charge in [-0.25, -0.2) is 0 Å². The summed E-state index contributed by atoms with van der Waals surface area (Å²) in [5.74, 6) is 0.986. The van der Waals surface area contributed by atoms with Crippen molar-refractivity contribution in [3.8, 4) is 5.75 Å². The van der Waals surface area contributed by atoms with Crippen molar-refractivity contribution in [2.24, 2.45) is 0 Å². The van der Waals surface area contributed by atoms with Crippen LogP contribution in [0.1, 0.15) is 37.8 Å². The van der Waals surface area contributed by atoms with Gasteiger partial charge in [-0.3, -0.25) is 0 Å². The van der Waals surface area contributed by atoms with Gasteiger partial charge in [-0.15, -0.1) is 11.6 Å². The third kappa shape index (κ3) is 2.24. The van der Waals surface area contributed by atoms with Crippen molar-refractivity contribution in [2.75, 3.05) is 17.3 Å². The van der Waals surface area contributed by atoms with Crippen LogP contribution in [0.2, 0.25) is 0 Å². The number of nitrogens with zero attached hydrogens (tertiary/aromatic N) is 1. The first kappa shape index (κ1) is 15.4. The van der Waals surface area contributed by atoms with Crippen LogP contribution in [0.15, 0.2) is 24.3 Å². The standard InChI is InChI=1S/C18H22ClNO2/c1-18(2,3)20-9-12(8-19)17-14(20)7-15(22)13-6-4-5-11(10-21)16(13)17/h4-7,12,21-22H,8-10H2,1-3H3. The van der Waals surface area contributed by atoms with Gasteiger partial charge >= 0.3 is 0 Å². The quantitative estimate of drug-likeness (QED) is 0.823. The molecule has 0 fully saturated rings. The molecule has 2 N–H and O–H groups in total. The van der Waals surface area contributed by atoms with E-state index in [1.165, 1.54) is 0 Å². The molecule has 0 aromatic heterocycles. The lowest BCUT2D eigenvalue weighted by molar-refractivity contribution is 0.283. The summed E-state index contributed by atoms with van der Waals surface area (Å²) in [5, 5.41) is 21.9. The van der Waals surface area contributed by atoms with Gasteiger partial charge in [0.2, 0.25) is 0 Å². The van der Waals surface area contributed by atoms with Crippen molar-refractivity contribution in [2.45, 2.75) is 38.8 Å². The number of fused-ring (bicyclic) bond motifs is 3. The van der Waals surface area contributed by atoms with E-state index in [0.29, 0.717) is 5.88 Å². The maximum absolute atomic E-state index is 10.5. The minimum atomic E-state index is -0.0518. The zero-order chi connectivity index (χ0) is 16.1. The Labute approximate surface area is 136 Å². The summed E-state index contributed by atoms with van der Waals surface area (Å²) >= 11 is 6.23. The molecule has 22 heavy (non-hydrogen) atoms. The van der Waals surface area contributed by atoms with E-state index in [4.69, 9.17) is 11.6 Å². The summed E-state index contributed by atoms with van der Waals surface area (Å²) in [5.41, 5.74) is 2.98. The van der Waals surface area contributed by atoms with Gasteiger partial charge in [-0.05, 0) is 37.3 Å². The molecule has 1 aliphatic rings. The van der Waals surface area contributed by atoms with Gasteiger partial charge in [0.25, 0.3) is 0 Å². The lowest BCUT2D eigenvalue weighted by Gasteiger charge is -2.35. The van der Waals surface area contributed by atoms with E-state index in [0.717, 1.165) is 34.1 Å². The first-order chi connectivity index (χ1) is 10.4. The van der Waals surface area contributed by atoms with Crippen LogP contribution in [0.4, 0.5) is 5.69 Å². The number of hydrogen-bond donors (Lipinski definition) is 2. The second-order valence-electron chi connectivity index (χ2n) is 6.96. The second-order valence-corrected chi connectivity index (χ2v) is 7.27. The van der Waals surface area contributed by atoms with E-state index < -0.39 is 0 Å². The molecule has 3 nitrogen and oxygen atoms in total. The predicted octanol–water partition coefficient (Wildman–Crippen LogP) is 3.98. The van der Waals surface area contributed by atoms with Crippen LogP contribution in [0.25, 0.3) is 10.8 Å². The van der Waals surface area contributed by atoms with Crippen molar-refractivity contribution in [3.63, 3.8) is 0 Å². The van der Waals surface area contributed by atoms with Crippen molar-refractivity contribution in [3.05, 3.63) is 35.4 Å². The van der Waals surface area contributed by atoms with Crippen LogP contribution >= 0.6 is 11.6 Å². The third-order valence-corrected chi connectivity index (χ3v) is 4.89. The van der Waals surface area contributed by atoms with Crippen LogP contribution in [-0.2, 0) is 6.61 Å². The summed E-state index contributed by atoms with van der Waals surface area (Å²) in [6, 6.07) is 7.52. The van der Waals surface area contributed by atoms with Crippen LogP contribution < -0.4 is 4.90 Å². The van der Waals surface area contributed by atoms with E-state index >= 15 is 0 Å². The highest BCUT2D eigenvalue weighted by atomic mass is 35.5. The number of hydrogen-bond acceptors (Lipinski definition) is 3. The molecule has 1 heterocycles. The Morgan fingerprint density at radius 3 is 2.64 bits per heavy atom. The number of anilines is 1. The van der Waals surface area contributed by atoms with Gasteiger partial charge in [0.1, 0.15) is 5.75 Å². The maximum Gasteiger partial charge on any atom is 0.125 e. The molecule has 2 aromatic carbocycles. The fourth-order valence-electron chi connectivity index (χ4n) is 3.48. The monoisotopic (exact) mass is 319 g/mol. The molecule has 0 amide bonds. The Morgan fingerprint density at radius 1 is 1.32 bits per heavy atom. The molecule has 0 saturated heterocycles. The molecule has 0 saturated carbocycles. The Balaban J connectivity index is 2.38. The SMILES string of the molecule is CC(C)(C)N1CC(CCl)c2c1cc(O)c1cccc(CO)c21. The lowest BCUT2D eigenvalue weighted by Crippen LogP contribution is -2.40. The van der Waals surface area contributed by atoms with E-state index in [1.807, 2.05) is 24.3 Å². The van der Waals surface area contributed by atoms with Crippen molar-refractivity contribution >= 4 is 28.1 Å². The van der Waals surface area contributed by atoms with E-state index in [1.54, 1.807) is 0 Å². The van der Waals surface area contributed by atoms with Crippen LogP contribution in [-0.4, -0.2) is 28.2 Å². The molecule has 2 aromatic rings. The third-order valence-electron chi connectivity index (χ3n) is 4.51. The molecule has 0 bridgehead atoms. The normalized spacial score (nSPS) is 18.0. The van der Waals surface area contributed by atoms with Gasteiger partial charge < -0.3 is 15.1 Å². The van der Waals surface area contributed by atoms with Crippen molar-refractivity contribution < 1.29 is 10.2 Å². The number of benzene rings is 2. The molecule has 0 spiro atoms. The Hall–Kier alpha value is -1.45. The topological polar surface area (TPSA) is 43.7 Å². The van der Waals surface area contributed by atoms with Gasteiger partial charge in [0.15, 0.2) is 0 Å². The van der Waals surface area contributed by atoms with E-state index in [-0.39, 0.29) is 23.8 Å². The number of phenolic OH excluding ortho intramolecular Hbond substituents is 1. The molecular weight excluding hydrogens is 298 g/mol. The number of phenols is 1. The molecule has 0 aliphatic carbocycles. The fraction of sp³-hybridized carbons (Fsp3) is 0.444. The molecule has 1 unspecified atom stereocenters. The Bertz CT molecular complexity index is 721. The molecule has 0 radical (unpaired) electrons. The zero-order valence-electron chi connectivity index (χ0n) is 13.2. The summed E-state index contributed by atoms with van der Waals surface area (Å²) in [7, 11) is 0. The van der Waals surface area contributed by atoms with E-state index in [9.17, 15) is 10.2 Å². The van der Waals surface area contributed by atoms with Crippen molar-refractivity contribution in [1.82, 2.24) is 0 Å².